The maximum Gasteiger partial charge on any atom is 0.315 e. The highest BCUT2D eigenvalue weighted by Crippen LogP contribution is 2.36. The SMILES string of the molecule is COc1cc(/C=N/Nc2ccccc2C)cc([N+](=O)[O-])c1O. The average Bonchev–Trinajstić information content (AvgIpc) is 2.50. The van der Waals surface area contributed by atoms with Gasteiger partial charge in [-0.25, -0.2) is 0 Å². The maximum atomic E-state index is 10.9. The van der Waals surface area contributed by atoms with Crippen LogP contribution in [0.3, 0.4) is 0 Å². The molecule has 0 aliphatic heterocycles. The predicted octanol–water partition coefficient (Wildman–Crippen LogP) is 3.06. The number of nitro groups is 1. The van der Waals surface area contributed by atoms with Gasteiger partial charge in [0.1, 0.15) is 0 Å². The topological polar surface area (TPSA) is 97.0 Å². The van der Waals surface area contributed by atoms with Crippen LogP contribution in [0.1, 0.15) is 11.1 Å². The second-order valence-electron chi connectivity index (χ2n) is 4.53. The summed E-state index contributed by atoms with van der Waals surface area (Å²) >= 11 is 0. The van der Waals surface area contributed by atoms with Crippen molar-refractivity contribution in [3.8, 4) is 11.5 Å². The summed E-state index contributed by atoms with van der Waals surface area (Å²) in [5.74, 6) is -0.483. The van der Waals surface area contributed by atoms with E-state index in [0.717, 1.165) is 11.3 Å². The Balaban J connectivity index is 2.26. The van der Waals surface area contributed by atoms with E-state index in [1.165, 1.54) is 25.5 Å². The van der Waals surface area contributed by atoms with Crippen molar-refractivity contribution in [2.45, 2.75) is 6.92 Å². The summed E-state index contributed by atoms with van der Waals surface area (Å²) in [5, 5.41) is 24.7. The number of hydrazone groups is 1. The number of nitrogens with zero attached hydrogens (tertiary/aromatic N) is 2. The van der Waals surface area contributed by atoms with Crippen LogP contribution in [-0.4, -0.2) is 23.4 Å². The first kappa shape index (κ1) is 15.3. The molecule has 0 heterocycles. The zero-order valence-electron chi connectivity index (χ0n) is 12.1. The predicted molar refractivity (Wildman–Crippen MR) is 83.7 cm³/mol. The second kappa shape index (κ2) is 6.57. The minimum Gasteiger partial charge on any atom is -0.500 e. The van der Waals surface area contributed by atoms with E-state index in [1.54, 1.807) is 0 Å². The fraction of sp³-hybridized carbons (Fsp3) is 0.133. The van der Waals surface area contributed by atoms with Crippen LogP contribution >= 0.6 is 0 Å². The highest BCUT2D eigenvalue weighted by Gasteiger charge is 2.19. The fourth-order valence-electron chi connectivity index (χ4n) is 1.86. The molecule has 0 atom stereocenters. The highest BCUT2D eigenvalue weighted by atomic mass is 16.6. The Hall–Kier alpha value is -3.09. The molecule has 0 aliphatic rings. The van der Waals surface area contributed by atoms with Gasteiger partial charge in [-0.05, 0) is 24.6 Å². The fourth-order valence-corrected chi connectivity index (χ4v) is 1.86. The minimum atomic E-state index is -0.677. The molecule has 0 saturated heterocycles. The van der Waals surface area contributed by atoms with E-state index >= 15 is 0 Å². The number of hydrogen-bond donors (Lipinski definition) is 2. The number of aryl methyl sites for hydroxylation is 1. The number of nitro benzene ring substituents is 1. The quantitative estimate of drug-likeness (QED) is 0.502. The zero-order valence-corrected chi connectivity index (χ0v) is 12.1. The summed E-state index contributed by atoms with van der Waals surface area (Å²) in [4.78, 5) is 10.2. The number of benzene rings is 2. The van der Waals surface area contributed by atoms with E-state index in [-0.39, 0.29) is 5.75 Å². The first-order valence-corrected chi connectivity index (χ1v) is 6.43. The Kier molecular flexibility index (Phi) is 4.57. The van der Waals surface area contributed by atoms with Gasteiger partial charge in [-0.1, -0.05) is 18.2 Å². The molecule has 114 valence electrons. The van der Waals surface area contributed by atoms with Gasteiger partial charge in [-0.2, -0.15) is 5.10 Å². The van der Waals surface area contributed by atoms with Gasteiger partial charge in [0.05, 0.1) is 23.9 Å². The van der Waals surface area contributed by atoms with Crippen LogP contribution in [0.2, 0.25) is 0 Å². The van der Waals surface area contributed by atoms with Gasteiger partial charge in [-0.15, -0.1) is 0 Å². The summed E-state index contributed by atoms with van der Waals surface area (Å²) in [6.07, 6.45) is 1.42. The number of aromatic hydroxyl groups is 1. The van der Waals surface area contributed by atoms with Gasteiger partial charge in [0.15, 0.2) is 5.75 Å². The van der Waals surface area contributed by atoms with Crippen molar-refractivity contribution in [2.75, 3.05) is 12.5 Å². The third-order valence-corrected chi connectivity index (χ3v) is 3.04. The Labute approximate surface area is 127 Å². The van der Waals surface area contributed by atoms with E-state index in [1.807, 2.05) is 31.2 Å². The van der Waals surface area contributed by atoms with E-state index < -0.39 is 16.4 Å². The molecule has 0 spiro atoms. The standard InChI is InChI=1S/C15H15N3O4/c1-10-5-3-4-6-12(10)17-16-9-11-7-13(18(20)21)15(19)14(8-11)22-2/h3-9,17,19H,1-2H3/b16-9+. The van der Waals surface area contributed by atoms with E-state index in [0.29, 0.717) is 5.56 Å². The monoisotopic (exact) mass is 301 g/mol. The van der Waals surface area contributed by atoms with Crippen molar-refractivity contribution in [3.63, 3.8) is 0 Å². The molecule has 0 saturated carbocycles. The minimum absolute atomic E-state index is 0.0199. The number of hydrogen-bond acceptors (Lipinski definition) is 6. The number of phenols is 1. The number of anilines is 1. The number of nitrogens with one attached hydrogen (secondary N) is 1. The van der Waals surface area contributed by atoms with Gasteiger partial charge >= 0.3 is 5.69 Å². The molecule has 2 aromatic carbocycles. The van der Waals surface area contributed by atoms with Gasteiger partial charge in [0.2, 0.25) is 5.75 Å². The summed E-state index contributed by atoms with van der Waals surface area (Å²) in [6.45, 7) is 1.94. The van der Waals surface area contributed by atoms with Crippen LogP contribution in [0, 0.1) is 17.0 Å². The molecule has 0 bridgehead atoms. The lowest BCUT2D eigenvalue weighted by Crippen LogP contribution is -1.96. The first-order chi connectivity index (χ1) is 10.5. The summed E-state index contributed by atoms with van der Waals surface area (Å²) < 4.78 is 4.92. The molecule has 7 heteroatoms. The van der Waals surface area contributed by atoms with E-state index in [9.17, 15) is 15.2 Å². The molecular weight excluding hydrogens is 286 g/mol. The molecule has 0 unspecified atom stereocenters. The summed E-state index contributed by atoms with van der Waals surface area (Å²) in [5.41, 5.74) is 4.71. The van der Waals surface area contributed by atoms with Crippen molar-refractivity contribution in [3.05, 3.63) is 57.6 Å². The van der Waals surface area contributed by atoms with Gasteiger partial charge in [0.25, 0.3) is 0 Å². The molecule has 0 amide bonds. The van der Waals surface area contributed by atoms with Crippen LogP contribution in [0.4, 0.5) is 11.4 Å². The average molecular weight is 301 g/mol. The van der Waals surface area contributed by atoms with E-state index in [4.69, 9.17) is 4.74 Å². The van der Waals surface area contributed by atoms with Crippen LogP contribution < -0.4 is 10.2 Å². The normalized spacial score (nSPS) is 10.6. The lowest BCUT2D eigenvalue weighted by Gasteiger charge is -2.06. The van der Waals surface area contributed by atoms with Crippen LogP contribution in [0.5, 0.6) is 11.5 Å². The number of para-hydroxylation sites is 1. The highest BCUT2D eigenvalue weighted by molar-refractivity contribution is 5.83. The first-order valence-electron chi connectivity index (χ1n) is 6.43. The van der Waals surface area contributed by atoms with Crippen LogP contribution in [-0.2, 0) is 0 Å². The summed E-state index contributed by atoms with van der Waals surface area (Å²) in [7, 11) is 1.32. The lowest BCUT2D eigenvalue weighted by atomic mass is 10.2. The molecule has 22 heavy (non-hydrogen) atoms. The van der Waals surface area contributed by atoms with Crippen molar-refractivity contribution < 1.29 is 14.8 Å². The Morgan fingerprint density at radius 1 is 1.36 bits per heavy atom. The number of ether oxygens (including phenoxy) is 1. The third-order valence-electron chi connectivity index (χ3n) is 3.04. The molecule has 2 rings (SSSR count). The smallest absolute Gasteiger partial charge is 0.315 e. The maximum absolute atomic E-state index is 10.9. The lowest BCUT2D eigenvalue weighted by molar-refractivity contribution is -0.386. The number of rotatable bonds is 5. The zero-order chi connectivity index (χ0) is 16.1. The Morgan fingerprint density at radius 2 is 2.09 bits per heavy atom. The van der Waals surface area contributed by atoms with Crippen molar-refractivity contribution in [1.29, 1.82) is 0 Å². The third kappa shape index (κ3) is 3.32. The molecule has 7 nitrogen and oxygen atoms in total. The van der Waals surface area contributed by atoms with Crippen LogP contribution in [0.25, 0.3) is 0 Å². The molecule has 0 fully saturated rings. The number of phenolic OH excluding ortho intramolecular Hbond substituents is 1. The van der Waals surface area contributed by atoms with Gasteiger partial charge < -0.3 is 9.84 Å². The summed E-state index contributed by atoms with van der Waals surface area (Å²) in [6, 6.07) is 10.3. The molecule has 0 radical (unpaired) electrons. The molecule has 2 aromatic rings. The van der Waals surface area contributed by atoms with E-state index in [2.05, 4.69) is 10.5 Å². The number of methoxy groups -OCH3 is 1. The Morgan fingerprint density at radius 3 is 2.73 bits per heavy atom. The molecule has 0 aliphatic carbocycles. The van der Waals surface area contributed by atoms with Crippen molar-refractivity contribution >= 4 is 17.6 Å². The molecule has 2 N–H and O–H groups in total. The molecular formula is C15H15N3O4. The largest absolute Gasteiger partial charge is 0.500 e. The molecule has 0 aromatic heterocycles. The van der Waals surface area contributed by atoms with Gasteiger partial charge in [0, 0.05) is 11.6 Å². The van der Waals surface area contributed by atoms with Crippen molar-refractivity contribution in [1.82, 2.24) is 0 Å². The van der Waals surface area contributed by atoms with Crippen molar-refractivity contribution in [2.24, 2.45) is 5.10 Å². The van der Waals surface area contributed by atoms with Crippen LogP contribution in [0.15, 0.2) is 41.5 Å². The Bertz CT molecular complexity index is 729. The second-order valence-corrected chi connectivity index (χ2v) is 4.53. The van der Waals surface area contributed by atoms with Gasteiger partial charge in [-0.3, -0.25) is 15.5 Å².